The van der Waals surface area contributed by atoms with E-state index in [-0.39, 0.29) is 0 Å². The molecule has 4 heteroatoms. The van der Waals surface area contributed by atoms with Gasteiger partial charge in [-0.2, -0.15) is 5.26 Å². The Kier molecular flexibility index (Phi) is 6.95. The monoisotopic (exact) mass is 469 g/mol. The van der Waals surface area contributed by atoms with E-state index in [9.17, 15) is 0 Å². The third-order valence-electron chi connectivity index (χ3n) is 6.06. The molecule has 0 radical (unpaired) electrons. The predicted octanol–water partition coefficient (Wildman–Crippen LogP) is 6.61. The molecule has 0 unspecified atom stereocenters. The van der Waals surface area contributed by atoms with Crippen molar-refractivity contribution in [3.8, 4) is 6.07 Å². The average molecular weight is 470 g/mol. The number of hydrogen-bond acceptors (Lipinski definition) is 2. The first kappa shape index (κ1) is 22.8. The number of hydrogen-bond donors (Lipinski definition) is 0. The minimum atomic E-state index is -1.88. The second-order valence-corrected chi connectivity index (χ2v) is 12.4. The van der Waals surface area contributed by atoms with Crippen molar-refractivity contribution >= 4 is 45.7 Å². The van der Waals surface area contributed by atoms with Crippen LogP contribution in [0.1, 0.15) is 11.1 Å². The maximum atomic E-state index is 8.68. The Bertz CT molecular complexity index is 1290. The Labute approximate surface area is 200 Å². The van der Waals surface area contributed by atoms with E-state index >= 15 is 0 Å². The summed E-state index contributed by atoms with van der Waals surface area (Å²) in [7, 11) is -1.88. The quantitative estimate of drug-likeness (QED) is 0.279. The summed E-state index contributed by atoms with van der Waals surface area (Å²) in [4.78, 5) is 0. The van der Waals surface area contributed by atoms with Crippen molar-refractivity contribution in [3.05, 3.63) is 126 Å². The van der Waals surface area contributed by atoms with E-state index < -0.39 is 7.26 Å². The molecule has 0 bridgehead atoms. The topological polar surface area (TPSA) is 36.9 Å². The molecule has 1 heterocycles. The number of benzene rings is 4. The molecule has 5 rings (SSSR count). The minimum Gasteiger partial charge on any atom is -0.444 e. The van der Waals surface area contributed by atoms with Crippen LogP contribution in [0.3, 0.4) is 0 Å². The molecule has 0 fully saturated rings. The third kappa shape index (κ3) is 4.71. The maximum Gasteiger partial charge on any atom is 0.197 e. The van der Waals surface area contributed by atoms with Gasteiger partial charge in [-0.1, -0.05) is 0 Å². The van der Waals surface area contributed by atoms with E-state index in [0.29, 0.717) is 10.8 Å². The van der Waals surface area contributed by atoms with Crippen molar-refractivity contribution < 1.29 is 4.42 Å². The van der Waals surface area contributed by atoms with E-state index in [1.807, 2.05) is 6.92 Å². The van der Waals surface area contributed by atoms with E-state index in [1.54, 1.807) is 18.2 Å². The van der Waals surface area contributed by atoms with Crippen LogP contribution in [0.2, 0.25) is 5.22 Å². The van der Waals surface area contributed by atoms with Gasteiger partial charge >= 0.3 is 121 Å². The summed E-state index contributed by atoms with van der Waals surface area (Å²) in [5.41, 5.74) is 2.23. The first-order valence-corrected chi connectivity index (χ1v) is 13.7. The molecule has 1 aromatic heterocycles. The molecule has 0 aliphatic rings. The number of fused-ring (bicyclic) bond motifs is 1. The van der Waals surface area contributed by atoms with Crippen LogP contribution in [0.15, 0.2) is 114 Å². The molecule has 33 heavy (non-hydrogen) atoms. The number of aryl methyl sites for hydroxylation is 1. The first-order valence-electron chi connectivity index (χ1n) is 10.8. The van der Waals surface area contributed by atoms with Gasteiger partial charge in [-0.15, -0.1) is 0 Å². The van der Waals surface area contributed by atoms with Crippen molar-refractivity contribution in [2.75, 3.05) is 6.66 Å². The predicted molar refractivity (Wildman–Crippen MR) is 143 cm³/mol. The smallest absolute Gasteiger partial charge is 0.197 e. The summed E-state index contributed by atoms with van der Waals surface area (Å²) in [6, 6.07) is 40.1. The van der Waals surface area contributed by atoms with Gasteiger partial charge in [0, 0.05) is 10.9 Å². The molecule has 0 atom stereocenters. The number of nitrogens with zero attached hydrogens (tertiary/aromatic N) is 1. The second-order valence-electron chi connectivity index (χ2n) is 8.05. The third-order valence-corrected chi connectivity index (χ3v) is 10.9. The Balaban J connectivity index is 0.000000172. The maximum absolute atomic E-state index is 8.68. The fraction of sp³-hybridized carbons (Fsp3) is 0.0690. The van der Waals surface area contributed by atoms with Crippen LogP contribution in [0, 0.1) is 18.3 Å². The Hall–Kier alpha value is -3.37. The van der Waals surface area contributed by atoms with Gasteiger partial charge in [-0.05, 0) is 36.7 Å². The normalized spacial score (nSPS) is 11.3. The zero-order valence-corrected chi connectivity index (χ0v) is 20.4. The molecule has 0 spiro atoms. The molecule has 0 saturated carbocycles. The van der Waals surface area contributed by atoms with Gasteiger partial charge in [-0.25, -0.2) is 0 Å². The number of nitriles is 1. The zero-order chi connectivity index (χ0) is 23.3. The molecule has 5 aromatic rings. The summed E-state index contributed by atoms with van der Waals surface area (Å²) in [5.74, 6) is 0. The Morgan fingerprint density at radius 1 is 0.727 bits per heavy atom. The summed E-state index contributed by atoms with van der Waals surface area (Å²) >= 11 is 5.80. The standard InChI is InChI=1S/C19H19P.C10H6ClNO/c1-20(17-11-5-2-6-12-17,18-13-7-3-8-14-18)19-15-9-4-10-16-19;1-6-8-4-7(5-12)2-3-9(8)13-10(6)11/h2-16,20H,1H3;2-4H,1H3. The van der Waals surface area contributed by atoms with Crippen molar-refractivity contribution in [3.63, 3.8) is 0 Å². The van der Waals surface area contributed by atoms with Crippen LogP contribution in [-0.2, 0) is 0 Å². The van der Waals surface area contributed by atoms with E-state index in [1.165, 1.54) is 15.9 Å². The summed E-state index contributed by atoms with van der Waals surface area (Å²) in [6.07, 6.45) is 0. The molecule has 2 nitrogen and oxygen atoms in total. The van der Waals surface area contributed by atoms with Crippen molar-refractivity contribution in [1.29, 1.82) is 5.26 Å². The fourth-order valence-corrected chi connectivity index (χ4v) is 7.84. The van der Waals surface area contributed by atoms with E-state index in [0.717, 1.165) is 16.5 Å². The van der Waals surface area contributed by atoms with Gasteiger partial charge in [0.1, 0.15) is 5.58 Å². The fourth-order valence-electron chi connectivity index (χ4n) is 4.08. The summed E-state index contributed by atoms with van der Waals surface area (Å²) in [6.45, 7) is 4.31. The molecule has 0 aliphatic carbocycles. The van der Waals surface area contributed by atoms with Crippen molar-refractivity contribution in [1.82, 2.24) is 0 Å². The summed E-state index contributed by atoms with van der Waals surface area (Å²) in [5, 5.41) is 14.3. The van der Waals surface area contributed by atoms with Crippen LogP contribution in [0.5, 0.6) is 0 Å². The summed E-state index contributed by atoms with van der Waals surface area (Å²) < 4.78 is 5.25. The molecule has 164 valence electrons. The van der Waals surface area contributed by atoms with Crippen LogP contribution in [0.25, 0.3) is 11.0 Å². The van der Waals surface area contributed by atoms with Crippen LogP contribution < -0.4 is 15.9 Å². The molecule has 0 saturated heterocycles. The Morgan fingerprint density at radius 3 is 1.61 bits per heavy atom. The molecular weight excluding hydrogens is 445 g/mol. The largest absolute Gasteiger partial charge is 0.444 e. The van der Waals surface area contributed by atoms with E-state index in [4.69, 9.17) is 21.3 Å². The SMILES string of the molecule is C[PH](c1ccccc1)(c1ccccc1)c1ccccc1.Cc1c(Cl)oc2ccc(C#N)cc12. The van der Waals surface area contributed by atoms with Gasteiger partial charge in [-0.3, -0.25) is 0 Å². The van der Waals surface area contributed by atoms with Crippen LogP contribution in [0.4, 0.5) is 0 Å². The number of rotatable bonds is 3. The molecular formula is C29H25ClNOP. The number of furan rings is 1. The molecule has 0 aliphatic heterocycles. The Morgan fingerprint density at radius 2 is 1.18 bits per heavy atom. The molecule has 0 amide bonds. The molecule has 0 N–H and O–H groups in total. The number of halogens is 1. The van der Waals surface area contributed by atoms with Crippen molar-refractivity contribution in [2.45, 2.75) is 6.92 Å². The van der Waals surface area contributed by atoms with E-state index in [2.05, 4.69) is 104 Å². The minimum absolute atomic E-state index is 0.394. The van der Waals surface area contributed by atoms with Gasteiger partial charge in [0.15, 0.2) is 5.22 Å². The van der Waals surface area contributed by atoms with Gasteiger partial charge < -0.3 is 4.42 Å². The molecule has 4 aromatic carbocycles. The van der Waals surface area contributed by atoms with Crippen LogP contribution >= 0.6 is 18.9 Å². The van der Waals surface area contributed by atoms with Crippen molar-refractivity contribution in [2.24, 2.45) is 0 Å². The average Bonchev–Trinajstić information content (AvgIpc) is 3.18. The first-order chi connectivity index (χ1) is 16.0. The second kappa shape index (κ2) is 10.1. The van der Waals surface area contributed by atoms with Crippen LogP contribution in [-0.4, -0.2) is 6.66 Å². The van der Waals surface area contributed by atoms with Gasteiger partial charge in [0.25, 0.3) is 0 Å². The van der Waals surface area contributed by atoms with Gasteiger partial charge in [0.05, 0.1) is 11.6 Å². The zero-order valence-electron chi connectivity index (χ0n) is 18.6. The van der Waals surface area contributed by atoms with Gasteiger partial charge in [0.2, 0.25) is 0 Å².